The molecule has 8 heteroatoms. The lowest BCUT2D eigenvalue weighted by atomic mass is 10.1. The van der Waals surface area contributed by atoms with Gasteiger partial charge in [-0.25, -0.2) is 0 Å². The summed E-state index contributed by atoms with van der Waals surface area (Å²) in [5, 5.41) is 5.16. The number of carbonyl (C=O) groups is 2. The molecule has 2 amide bonds. The predicted octanol–water partition coefficient (Wildman–Crippen LogP) is 3.12. The molecule has 2 aliphatic rings. The summed E-state index contributed by atoms with van der Waals surface area (Å²) >= 11 is 1.46. The number of nitrogens with one attached hydrogen (secondary N) is 1. The van der Waals surface area contributed by atoms with Gasteiger partial charge in [0.05, 0.1) is 5.57 Å². The van der Waals surface area contributed by atoms with Gasteiger partial charge in [-0.3, -0.25) is 14.5 Å². The smallest absolute Gasteiger partial charge is 0.278 e. The molecule has 0 bridgehead atoms. The number of rotatable bonds is 9. The van der Waals surface area contributed by atoms with Crippen LogP contribution in [0.2, 0.25) is 0 Å². The minimum absolute atomic E-state index is 0.249. The Morgan fingerprint density at radius 2 is 1.78 bits per heavy atom. The molecule has 1 fully saturated rings. The van der Waals surface area contributed by atoms with Crippen LogP contribution in [0.15, 0.2) is 47.5 Å². The maximum absolute atomic E-state index is 13.1. The van der Waals surface area contributed by atoms with Gasteiger partial charge >= 0.3 is 0 Å². The number of ether oxygens (including phenoxy) is 1. The van der Waals surface area contributed by atoms with Crippen molar-refractivity contribution in [2.45, 2.75) is 13.3 Å². The van der Waals surface area contributed by atoms with E-state index >= 15 is 0 Å². The van der Waals surface area contributed by atoms with Gasteiger partial charge in [0, 0.05) is 62.7 Å². The molecule has 0 saturated carbocycles. The Balaban J connectivity index is 1.52. The predicted molar refractivity (Wildman–Crippen MR) is 129 cm³/mol. The number of anilines is 2. The van der Waals surface area contributed by atoms with Crippen LogP contribution < -0.4 is 10.2 Å². The summed E-state index contributed by atoms with van der Waals surface area (Å²) in [6.45, 7) is 8.30. The molecule has 3 heterocycles. The van der Waals surface area contributed by atoms with Gasteiger partial charge in [0.25, 0.3) is 11.8 Å². The average Bonchev–Trinajstić information content (AvgIpc) is 3.42. The number of piperazine rings is 1. The first-order chi connectivity index (χ1) is 15.6. The molecule has 0 atom stereocenters. The fourth-order valence-electron chi connectivity index (χ4n) is 4.13. The molecule has 32 heavy (non-hydrogen) atoms. The van der Waals surface area contributed by atoms with Gasteiger partial charge in [0.15, 0.2) is 0 Å². The van der Waals surface area contributed by atoms with Crippen molar-refractivity contribution in [2.75, 3.05) is 63.2 Å². The van der Waals surface area contributed by atoms with Gasteiger partial charge in [-0.05, 0) is 48.7 Å². The Hall–Kier alpha value is -2.68. The first-order valence-electron chi connectivity index (χ1n) is 11.1. The Morgan fingerprint density at radius 1 is 1.03 bits per heavy atom. The number of amides is 2. The molecule has 0 spiro atoms. The largest absolute Gasteiger partial charge is 0.385 e. The van der Waals surface area contributed by atoms with E-state index in [9.17, 15) is 9.59 Å². The molecule has 1 aromatic carbocycles. The van der Waals surface area contributed by atoms with E-state index in [1.54, 1.807) is 7.11 Å². The lowest BCUT2D eigenvalue weighted by Crippen LogP contribution is -2.46. The van der Waals surface area contributed by atoms with Crippen molar-refractivity contribution < 1.29 is 14.3 Å². The van der Waals surface area contributed by atoms with Gasteiger partial charge in [0.1, 0.15) is 5.70 Å². The van der Waals surface area contributed by atoms with E-state index in [1.165, 1.54) is 21.9 Å². The number of carbonyl (C=O) groups excluding carboxylic acids is 2. The monoisotopic (exact) mass is 454 g/mol. The summed E-state index contributed by atoms with van der Waals surface area (Å²) in [4.78, 5) is 33.2. The van der Waals surface area contributed by atoms with Crippen LogP contribution in [-0.4, -0.2) is 74.6 Å². The Bertz CT molecular complexity index is 964. The normalized spacial score (nSPS) is 17.6. The van der Waals surface area contributed by atoms with Crippen LogP contribution in [-0.2, 0) is 14.3 Å². The average molecular weight is 455 g/mol. The number of benzene rings is 1. The lowest BCUT2D eigenvalue weighted by molar-refractivity contribution is -0.136. The Labute approximate surface area is 193 Å². The molecule has 7 nitrogen and oxygen atoms in total. The molecule has 1 aromatic heterocycles. The summed E-state index contributed by atoms with van der Waals surface area (Å²) < 4.78 is 5.08. The SMILES string of the molecule is CCN1CCN(c2ccc(NC3=C(c4cccs4)C(=O)N(CCCOC)C3=O)cc2)CC1. The summed E-state index contributed by atoms with van der Waals surface area (Å²) in [6.07, 6.45) is 0.610. The third-order valence-electron chi connectivity index (χ3n) is 5.99. The zero-order valence-corrected chi connectivity index (χ0v) is 19.5. The highest BCUT2D eigenvalue weighted by Gasteiger charge is 2.39. The number of nitrogens with zero attached hydrogens (tertiary/aromatic N) is 3. The van der Waals surface area contributed by atoms with Crippen LogP contribution in [0.4, 0.5) is 11.4 Å². The van der Waals surface area contributed by atoms with E-state index < -0.39 is 0 Å². The highest BCUT2D eigenvalue weighted by atomic mass is 32.1. The van der Waals surface area contributed by atoms with E-state index in [4.69, 9.17) is 4.74 Å². The van der Waals surface area contributed by atoms with Crippen LogP contribution >= 0.6 is 11.3 Å². The van der Waals surface area contributed by atoms with Crippen molar-refractivity contribution in [3.05, 3.63) is 52.4 Å². The molecule has 1 N–H and O–H groups in total. The minimum atomic E-state index is -0.283. The lowest BCUT2D eigenvalue weighted by Gasteiger charge is -2.35. The van der Waals surface area contributed by atoms with Crippen LogP contribution in [0.25, 0.3) is 5.57 Å². The summed E-state index contributed by atoms with van der Waals surface area (Å²) in [6, 6.07) is 11.9. The van der Waals surface area contributed by atoms with Crippen LogP contribution in [0, 0.1) is 0 Å². The number of thiophene rings is 1. The molecule has 170 valence electrons. The second kappa shape index (κ2) is 10.3. The van der Waals surface area contributed by atoms with Gasteiger partial charge in [-0.1, -0.05) is 13.0 Å². The fraction of sp³-hybridized carbons (Fsp3) is 0.417. The van der Waals surface area contributed by atoms with E-state index in [0.717, 1.165) is 43.3 Å². The molecular weight excluding hydrogens is 424 g/mol. The highest BCUT2D eigenvalue weighted by molar-refractivity contribution is 7.11. The molecule has 1 saturated heterocycles. The van der Waals surface area contributed by atoms with Gasteiger partial charge in [-0.15, -0.1) is 11.3 Å². The third kappa shape index (κ3) is 4.72. The molecule has 2 aromatic rings. The standard InChI is InChI=1S/C24H30N4O3S/c1-3-26-12-14-27(15-13-26)19-9-7-18(8-10-19)25-22-21(20-6-4-17-32-20)23(29)28(24(22)30)11-5-16-31-2/h4,6-10,17,25H,3,5,11-16H2,1-2H3. The second-order valence-corrected chi connectivity index (χ2v) is 8.88. The minimum Gasteiger partial charge on any atom is -0.385 e. The van der Waals surface area contributed by atoms with Gasteiger partial charge in [0.2, 0.25) is 0 Å². The molecule has 0 unspecified atom stereocenters. The molecule has 4 rings (SSSR count). The van der Waals surface area contributed by atoms with E-state index in [2.05, 4.69) is 34.2 Å². The maximum atomic E-state index is 13.1. The molecule has 0 aliphatic carbocycles. The number of hydrogen-bond acceptors (Lipinski definition) is 7. The maximum Gasteiger partial charge on any atom is 0.278 e. The number of imide groups is 1. The second-order valence-electron chi connectivity index (χ2n) is 7.93. The van der Waals surface area contributed by atoms with E-state index in [1.807, 2.05) is 29.6 Å². The fourth-order valence-corrected chi connectivity index (χ4v) is 4.90. The zero-order chi connectivity index (χ0) is 22.5. The van der Waals surface area contributed by atoms with Crippen molar-refractivity contribution in [1.82, 2.24) is 9.80 Å². The highest BCUT2D eigenvalue weighted by Crippen LogP contribution is 2.33. The van der Waals surface area contributed by atoms with E-state index in [-0.39, 0.29) is 11.8 Å². The van der Waals surface area contributed by atoms with Gasteiger partial charge in [-0.2, -0.15) is 0 Å². The van der Waals surface area contributed by atoms with Crippen molar-refractivity contribution in [3.63, 3.8) is 0 Å². The quantitative estimate of drug-likeness (QED) is 0.464. The Kier molecular flexibility index (Phi) is 7.24. The van der Waals surface area contributed by atoms with Crippen molar-refractivity contribution in [3.8, 4) is 0 Å². The third-order valence-corrected chi connectivity index (χ3v) is 6.87. The molecule has 0 radical (unpaired) electrons. The van der Waals surface area contributed by atoms with Crippen molar-refractivity contribution in [1.29, 1.82) is 0 Å². The number of likely N-dealkylation sites (N-methyl/N-ethyl adjacent to an activating group) is 1. The van der Waals surface area contributed by atoms with Gasteiger partial charge < -0.3 is 19.9 Å². The first kappa shape index (κ1) is 22.5. The summed E-state index contributed by atoms with van der Waals surface area (Å²) in [7, 11) is 1.61. The van der Waals surface area contributed by atoms with E-state index in [0.29, 0.717) is 30.8 Å². The van der Waals surface area contributed by atoms with Crippen LogP contribution in [0.5, 0.6) is 0 Å². The van der Waals surface area contributed by atoms with Crippen LogP contribution in [0.1, 0.15) is 18.2 Å². The van der Waals surface area contributed by atoms with Crippen molar-refractivity contribution in [2.24, 2.45) is 0 Å². The Morgan fingerprint density at radius 3 is 2.41 bits per heavy atom. The number of hydrogen-bond donors (Lipinski definition) is 1. The summed E-state index contributed by atoms with van der Waals surface area (Å²) in [5.74, 6) is -0.532. The molecular formula is C24H30N4O3S. The van der Waals surface area contributed by atoms with Crippen molar-refractivity contribution >= 4 is 40.1 Å². The first-order valence-corrected chi connectivity index (χ1v) is 12.0. The number of methoxy groups -OCH3 is 1. The summed E-state index contributed by atoms with van der Waals surface area (Å²) in [5.41, 5.74) is 2.76. The topological polar surface area (TPSA) is 65.1 Å². The van der Waals surface area contributed by atoms with Crippen LogP contribution in [0.3, 0.4) is 0 Å². The molecule has 2 aliphatic heterocycles. The zero-order valence-electron chi connectivity index (χ0n) is 18.7.